The Kier molecular flexibility index (Phi) is 8.63. The third-order valence-corrected chi connectivity index (χ3v) is 11.6. The molecule has 0 unspecified atom stereocenters. The summed E-state index contributed by atoms with van der Waals surface area (Å²) in [6.07, 6.45) is 4.17. The average molecular weight is 708 g/mol. The molecule has 3 saturated heterocycles. The van der Waals surface area contributed by atoms with Gasteiger partial charge in [-0.1, -0.05) is 24.2 Å². The van der Waals surface area contributed by atoms with Gasteiger partial charge in [0.1, 0.15) is 23.8 Å². The zero-order valence-corrected chi connectivity index (χ0v) is 29.0. The number of fused-ring (bicyclic) bond motifs is 3. The van der Waals surface area contributed by atoms with Gasteiger partial charge in [0.25, 0.3) is 0 Å². The molecule has 4 atom stereocenters. The molecule has 7 rings (SSSR count). The number of amides is 1. The van der Waals surface area contributed by atoms with Gasteiger partial charge in [-0.3, -0.25) is 9.69 Å². The molecule has 2 aromatic carbocycles. The van der Waals surface area contributed by atoms with Crippen molar-refractivity contribution in [3.63, 3.8) is 0 Å². The smallest absolute Gasteiger partial charge is 0.319 e. The Bertz CT molecular complexity index is 2050. The number of ether oxygens (including phenoxy) is 2. The standard InChI is InChI=1S/C35H36ClF2N7O3S/c1-6-25(46)44-14-19(3)45(15-18(44)2)33-22-12-23(36)26(21-8-9-24(37)31-27(21)30(40-4)32(39)49-31)28(38)29(22)41-34(42-33)48-17-35-10-7-11-43(35)16-20(13-35)47-5/h6,8-9,12,18-20H,1,7,10-11,13-17,39H2,2-3,5H3/t18-,19+,20-,35+/m1/s1. The van der Waals surface area contributed by atoms with Crippen LogP contribution in [0.25, 0.3) is 37.0 Å². The summed E-state index contributed by atoms with van der Waals surface area (Å²) < 4.78 is 44.3. The van der Waals surface area contributed by atoms with Gasteiger partial charge in [-0.25, -0.2) is 13.6 Å². The topological polar surface area (TPSA) is 101 Å². The number of hydrogen-bond acceptors (Lipinski definition) is 9. The Morgan fingerprint density at radius 2 is 2.06 bits per heavy atom. The lowest BCUT2D eigenvalue weighted by Gasteiger charge is -2.44. The van der Waals surface area contributed by atoms with Crippen molar-refractivity contribution in [3.8, 4) is 17.1 Å². The van der Waals surface area contributed by atoms with E-state index in [-0.39, 0.29) is 78.1 Å². The summed E-state index contributed by atoms with van der Waals surface area (Å²) in [6, 6.07) is 3.83. The maximum atomic E-state index is 17.1. The summed E-state index contributed by atoms with van der Waals surface area (Å²) >= 11 is 7.83. The number of methoxy groups -OCH3 is 1. The van der Waals surface area contributed by atoms with E-state index in [0.717, 1.165) is 43.7 Å². The lowest BCUT2D eigenvalue weighted by Crippen LogP contribution is -2.58. The van der Waals surface area contributed by atoms with Crippen LogP contribution in [-0.2, 0) is 9.53 Å². The molecule has 3 aliphatic rings. The first-order chi connectivity index (χ1) is 23.5. The van der Waals surface area contributed by atoms with Crippen molar-refractivity contribution in [2.45, 2.75) is 56.8 Å². The number of nitrogens with zero attached hydrogens (tertiary/aromatic N) is 6. The van der Waals surface area contributed by atoms with Crippen molar-refractivity contribution in [1.29, 1.82) is 0 Å². The molecule has 0 radical (unpaired) electrons. The molecule has 3 aliphatic heterocycles. The van der Waals surface area contributed by atoms with E-state index in [4.69, 9.17) is 38.4 Å². The Balaban J connectivity index is 1.38. The molecular formula is C35H36ClF2N7O3S. The molecule has 0 bridgehead atoms. The van der Waals surface area contributed by atoms with E-state index >= 15 is 4.39 Å². The van der Waals surface area contributed by atoms with Gasteiger partial charge in [0.15, 0.2) is 5.82 Å². The number of rotatable bonds is 7. The summed E-state index contributed by atoms with van der Waals surface area (Å²) in [5.74, 6) is -1.07. The Hall–Kier alpha value is -4.09. The molecule has 10 nitrogen and oxygen atoms in total. The first-order valence-corrected chi connectivity index (χ1v) is 17.4. The van der Waals surface area contributed by atoms with Gasteiger partial charge in [0, 0.05) is 55.2 Å². The number of carbonyl (C=O) groups excluding carboxylic acids is 1. The predicted octanol–water partition coefficient (Wildman–Crippen LogP) is 6.82. The van der Waals surface area contributed by atoms with E-state index in [1.165, 1.54) is 18.2 Å². The van der Waals surface area contributed by atoms with Gasteiger partial charge in [-0.05, 0) is 63.4 Å². The molecule has 49 heavy (non-hydrogen) atoms. The molecule has 14 heteroatoms. The van der Waals surface area contributed by atoms with Crippen molar-refractivity contribution in [2.24, 2.45) is 0 Å². The number of carbonyl (C=O) groups is 1. The number of thiophene rings is 1. The van der Waals surface area contributed by atoms with Crippen molar-refractivity contribution < 1.29 is 23.0 Å². The minimum absolute atomic E-state index is 0.00657. The highest BCUT2D eigenvalue weighted by Gasteiger charge is 2.49. The van der Waals surface area contributed by atoms with Crippen LogP contribution in [0, 0.1) is 18.2 Å². The highest BCUT2D eigenvalue weighted by molar-refractivity contribution is 7.23. The molecule has 1 amide bonds. The number of benzene rings is 2. The summed E-state index contributed by atoms with van der Waals surface area (Å²) in [7, 11) is 1.72. The molecule has 2 aromatic heterocycles. The van der Waals surface area contributed by atoms with E-state index in [2.05, 4.69) is 21.3 Å². The second kappa shape index (κ2) is 12.7. The SMILES string of the molecule is [C-]#[N+]c1c(N)sc2c(F)ccc(-c3c(Cl)cc4c(N5C[C@@H](C)N(C(=O)C=C)C[C@@H]5C)nc(OC[C@@]56CCCN5C[C@H](OC)C6)nc4c3F)c12. The van der Waals surface area contributed by atoms with Crippen LogP contribution in [0.15, 0.2) is 30.9 Å². The van der Waals surface area contributed by atoms with Gasteiger partial charge in [-0.15, -0.1) is 11.3 Å². The zero-order valence-electron chi connectivity index (χ0n) is 27.4. The number of nitrogen functional groups attached to an aromatic ring is 1. The average Bonchev–Trinajstić information content (AvgIpc) is 3.75. The van der Waals surface area contributed by atoms with Crippen LogP contribution in [0.4, 0.5) is 25.3 Å². The van der Waals surface area contributed by atoms with Crippen LogP contribution in [0.5, 0.6) is 6.01 Å². The van der Waals surface area contributed by atoms with Gasteiger partial charge in [-0.2, -0.15) is 9.97 Å². The zero-order chi connectivity index (χ0) is 34.8. The van der Waals surface area contributed by atoms with Crippen LogP contribution < -0.4 is 15.4 Å². The van der Waals surface area contributed by atoms with E-state index in [0.29, 0.717) is 30.9 Å². The summed E-state index contributed by atoms with van der Waals surface area (Å²) in [6.45, 7) is 18.1. The Labute approximate surface area is 291 Å². The van der Waals surface area contributed by atoms with Crippen LogP contribution in [0.1, 0.15) is 33.1 Å². The maximum Gasteiger partial charge on any atom is 0.319 e. The van der Waals surface area contributed by atoms with Crippen LogP contribution in [0.3, 0.4) is 0 Å². The number of hydrogen-bond donors (Lipinski definition) is 1. The van der Waals surface area contributed by atoms with Gasteiger partial charge in [0.05, 0.1) is 32.9 Å². The Morgan fingerprint density at radius 1 is 1.27 bits per heavy atom. The van der Waals surface area contributed by atoms with E-state index < -0.39 is 11.6 Å². The molecule has 0 spiro atoms. The number of piperazine rings is 1. The monoisotopic (exact) mass is 707 g/mol. The van der Waals surface area contributed by atoms with Crippen molar-refractivity contribution in [1.82, 2.24) is 19.8 Å². The highest BCUT2D eigenvalue weighted by Crippen LogP contribution is 2.49. The molecule has 0 aliphatic carbocycles. The van der Waals surface area contributed by atoms with Gasteiger partial charge >= 0.3 is 6.01 Å². The number of anilines is 2. The first-order valence-electron chi connectivity index (χ1n) is 16.2. The number of aromatic nitrogens is 2. The molecule has 0 saturated carbocycles. The van der Waals surface area contributed by atoms with Crippen LogP contribution in [0.2, 0.25) is 5.02 Å². The molecule has 256 valence electrons. The second-order valence-electron chi connectivity index (χ2n) is 13.2. The molecular weight excluding hydrogens is 672 g/mol. The highest BCUT2D eigenvalue weighted by atomic mass is 35.5. The lowest BCUT2D eigenvalue weighted by atomic mass is 9.94. The first kappa shape index (κ1) is 33.4. The van der Waals surface area contributed by atoms with E-state index in [1.54, 1.807) is 18.1 Å². The predicted molar refractivity (Wildman–Crippen MR) is 189 cm³/mol. The molecule has 4 aromatic rings. The van der Waals surface area contributed by atoms with Crippen LogP contribution in [-0.4, -0.2) is 89.3 Å². The van der Waals surface area contributed by atoms with Gasteiger partial charge < -0.3 is 25.0 Å². The van der Waals surface area contributed by atoms with Crippen molar-refractivity contribution >= 4 is 66.3 Å². The molecule has 5 heterocycles. The number of halogens is 3. The Morgan fingerprint density at radius 3 is 2.80 bits per heavy atom. The van der Waals surface area contributed by atoms with Crippen LogP contribution >= 0.6 is 22.9 Å². The summed E-state index contributed by atoms with van der Waals surface area (Å²) in [5.41, 5.74) is 6.07. The third kappa shape index (κ3) is 5.45. The molecule has 2 N–H and O–H groups in total. The van der Waals surface area contributed by atoms with Gasteiger partial charge in [0.2, 0.25) is 11.6 Å². The molecule has 3 fully saturated rings. The minimum Gasteiger partial charge on any atom is -0.461 e. The fraction of sp³-hybridized carbons (Fsp3) is 0.429. The largest absolute Gasteiger partial charge is 0.461 e. The lowest BCUT2D eigenvalue weighted by molar-refractivity contribution is -0.128. The second-order valence-corrected chi connectivity index (χ2v) is 14.6. The minimum atomic E-state index is -0.758. The van der Waals surface area contributed by atoms with E-state index in [1.807, 2.05) is 18.7 Å². The fourth-order valence-corrected chi connectivity index (χ4v) is 9.09. The normalized spacial score (nSPS) is 24.1. The fourth-order valence-electron chi connectivity index (χ4n) is 7.85. The maximum absolute atomic E-state index is 17.1. The summed E-state index contributed by atoms with van der Waals surface area (Å²) in [4.78, 5) is 31.8. The van der Waals surface area contributed by atoms with E-state index in [9.17, 15) is 9.18 Å². The quantitative estimate of drug-likeness (QED) is 0.165. The third-order valence-electron chi connectivity index (χ3n) is 10.3. The van der Waals surface area contributed by atoms with Crippen molar-refractivity contribution in [2.75, 3.05) is 50.5 Å². The summed E-state index contributed by atoms with van der Waals surface area (Å²) in [5, 5.41) is 0.725. The number of nitrogens with two attached hydrogens (primary N) is 1. The van der Waals surface area contributed by atoms with Crippen molar-refractivity contribution in [3.05, 3.63) is 58.9 Å².